The van der Waals surface area contributed by atoms with Gasteiger partial charge in [-0.15, -0.1) is 11.3 Å². The molecule has 3 aromatic rings. The van der Waals surface area contributed by atoms with E-state index in [4.69, 9.17) is 0 Å². The van der Waals surface area contributed by atoms with Crippen LogP contribution in [0.1, 0.15) is 10.4 Å². The summed E-state index contributed by atoms with van der Waals surface area (Å²) in [7, 11) is 0. The first-order valence-corrected chi connectivity index (χ1v) is 8.86. The van der Waals surface area contributed by atoms with Crippen LogP contribution in [0, 0.1) is 0 Å². The summed E-state index contributed by atoms with van der Waals surface area (Å²) in [6, 6.07) is 15.1. The number of hydrogen-bond acceptors (Lipinski definition) is 2. The van der Waals surface area contributed by atoms with Crippen LogP contribution in [-0.4, -0.2) is 0 Å². The van der Waals surface area contributed by atoms with Crippen molar-refractivity contribution in [1.82, 2.24) is 0 Å². The Morgan fingerprint density at radius 2 is 1.79 bits per heavy atom. The number of anilines is 1. The molecule has 1 N–H and O–H groups in total. The Bertz CT molecular complexity index is 1170. The quantitative estimate of drug-likeness (QED) is 0.646. The molecule has 2 heteroatoms. The summed E-state index contributed by atoms with van der Waals surface area (Å²) in [6.07, 6.45) is 15.1. The lowest BCUT2D eigenvalue weighted by molar-refractivity contribution is 1.41. The van der Waals surface area contributed by atoms with Gasteiger partial charge in [0, 0.05) is 37.1 Å². The summed E-state index contributed by atoms with van der Waals surface area (Å²) >= 11 is 1.85. The summed E-state index contributed by atoms with van der Waals surface area (Å²) in [5.74, 6) is 0. The minimum Gasteiger partial charge on any atom is -0.355 e. The molecule has 1 nitrogen and oxygen atoms in total. The molecule has 2 aromatic carbocycles. The highest BCUT2D eigenvalue weighted by molar-refractivity contribution is 7.20. The summed E-state index contributed by atoms with van der Waals surface area (Å²) in [5.41, 5.74) is 3.58. The molecule has 0 amide bonds. The number of benzene rings is 2. The summed E-state index contributed by atoms with van der Waals surface area (Å²) in [4.78, 5) is 1.30. The molecular formula is C22H15NS. The lowest BCUT2D eigenvalue weighted by Crippen LogP contribution is -2.28. The van der Waals surface area contributed by atoms with Crippen molar-refractivity contribution in [2.75, 3.05) is 5.32 Å². The van der Waals surface area contributed by atoms with Gasteiger partial charge in [0.15, 0.2) is 0 Å². The van der Waals surface area contributed by atoms with E-state index in [9.17, 15) is 0 Å². The van der Waals surface area contributed by atoms with Crippen LogP contribution in [0.5, 0.6) is 0 Å². The highest BCUT2D eigenvalue weighted by Crippen LogP contribution is 2.34. The molecule has 0 spiro atoms. The third kappa shape index (κ3) is 2.15. The summed E-state index contributed by atoms with van der Waals surface area (Å²) < 4.78 is 1.33. The number of fused-ring (bicyclic) bond motifs is 4. The van der Waals surface area contributed by atoms with E-state index in [2.05, 4.69) is 90.3 Å². The maximum absolute atomic E-state index is 3.59. The van der Waals surface area contributed by atoms with Gasteiger partial charge in [-0.2, -0.15) is 0 Å². The molecule has 0 radical (unpaired) electrons. The normalized spacial score (nSPS) is 20.2. The van der Waals surface area contributed by atoms with Gasteiger partial charge in [0.1, 0.15) is 0 Å². The summed E-state index contributed by atoms with van der Waals surface area (Å²) in [5, 5.41) is 7.39. The van der Waals surface area contributed by atoms with Gasteiger partial charge < -0.3 is 5.32 Å². The SMILES string of the molecule is C1=C2/C=C/C=C\C=c3\cccc(\c3=C/c3c1sc1ccccc31)N2. The van der Waals surface area contributed by atoms with E-state index in [-0.39, 0.29) is 0 Å². The van der Waals surface area contributed by atoms with E-state index in [1.165, 1.54) is 31.0 Å². The van der Waals surface area contributed by atoms with E-state index in [0.717, 1.165) is 11.4 Å². The number of hydrogen-bond donors (Lipinski definition) is 1. The first-order chi connectivity index (χ1) is 11.9. The van der Waals surface area contributed by atoms with Crippen molar-refractivity contribution in [3.05, 3.63) is 93.3 Å². The van der Waals surface area contributed by atoms with Crippen molar-refractivity contribution in [3.63, 3.8) is 0 Å². The molecule has 0 aliphatic carbocycles. The first-order valence-electron chi connectivity index (χ1n) is 8.04. The topological polar surface area (TPSA) is 12.0 Å². The van der Waals surface area contributed by atoms with E-state index >= 15 is 0 Å². The maximum Gasteiger partial charge on any atom is 0.0464 e. The fraction of sp³-hybridized carbons (Fsp3) is 0. The van der Waals surface area contributed by atoms with Crippen LogP contribution in [-0.2, 0) is 0 Å². The Hall–Kier alpha value is -2.84. The van der Waals surface area contributed by atoms with Gasteiger partial charge in [0.2, 0.25) is 0 Å². The molecule has 5 rings (SSSR count). The zero-order valence-electron chi connectivity index (χ0n) is 13.0. The molecule has 2 aliphatic heterocycles. The largest absolute Gasteiger partial charge is 0.355 e. The molecule has 4 bridgehead atoms. The van der Waals surface area contributed by atoms with Crippen molar-refractivity contribution in [2.24, 2.45) is 0 Å². The average Bonchev–Trinajstić information content (AvgIpc) is 2.90. The highest BCUT2D eigenvalue weighted by Gasteiger charge is 2.12. The minimum absolute atomic E-state index is 1.11. The second-order valence-corrected chi connectivity index (χ2v) is 7.05. The van der Waals surface area contributed by atoms with Crippen LogP contribution >= 0.6 is 11.3 Å². The Kier molecular flexibility index (Phi) is 3.03. The molecule has 0 fully saturated rings. The standard InChI is InChI=1S/C22H15NS/c1-2-7-15-8-6-11-20-18(15)14-19-17-10-4-5-12-21(17)24-22(19)13-16(23-20)9-3-1/h1-14,23H/b2-1-,3-1?,7-2?,9-3+,15-7-,16-9?,16-13?,18-14-,19-14?,22-13?. The molecule has 2 aliphatic rings. The number of allylic oxidation sites excluding steroid dienone is 4. The van der Waals surface area contributed by atoms with Crippen LogP contribution in [0.15, 0.2) is 72.5 Å². The van der Waals surface area contributed by atoms with Gasteiger partial charge in [-0.1, -0.05) is 54.6 Å². The van der Waals surface area contributed by atoms with Crippen LogP contribution in [0.3, 0.4) is 0 Å². The Balaban J connectivity index is 2.00. The summed E-state index contributed by atoms with van der Waals surface area (Å²) in [6.45, 7) is 0. The Labute approximate surface area is 144 Å². The van der Waals surface area contributed by atoms with E-state index in [0.29, 0.717) is 0 Å². The van der Waals surface area contributed by atoms with Gasteiger partial charge in [0.05, 0.1) is 0 Å². The fourth-order valence-corrected chi connectivity index (χ4v) is 4.42. The second kappa shape index (κ2) is 5.36. The van der Waals surface area contributed by atoms with Gasteiger partial charge in [-0.25, -0.2) is 0 Å². The minimum atomic E-state index is 1.11. The lowest BCUT2D eigenvalue weighted by atomic mass is 10.0. The molecule has 1 aromatic heterocycles. The number of rotatable bonds is 0. The van der Waals surface area contributed by atoms with Crippen LogP contribution in [0.2, 0.25) is 0 Å². The maximum atomic E-state index is 3.59. The van der Waals surface area contributed by atoms with E-state index in [1.54, 1.807) is 0 Å². The van der Waals surface area contributed by atoms with Crippen LogP contribution < -0.4 is 15.8 Å². The fourth-order valence-electron chi connectivity index (χ4n) is 3.29. The molecule has 0 saturated heterocycles. The molecule has 0 saturated carbocycles. The molecule has 24 heavy (non-hydrogen) atoms. The van der Waals surface area contributed by atoms with Crippen molar-refractivity contribution in [2.45, 2.75) is 0 Å². The van der Waals surface area contributed by atoms with Crippen molar-refractivity contribution in [3.8, 4) is 0 Å². The molecule has 0 atom stereocenters. The third-order valence-electron chi connectivity index (χ3n) is 4.43. The number of nitrogens with one attached hydrogen (secondary N) is 1. The van der Waals surface area contributed by atoms with E-state index < -0.39 is 0 Å². The molecule has 0 unspecified atom stereocenters. The van der Waals surface area contributed by atoms with Gasteiger partial charge >= 0.3 is 0 Å². The van der Waals surface area contributed by atoms with Crippen LogP contribution in [0.4, 0.5) is 5.69 Å². The first kappa shape index (κ1) is 13.6. The molecular weight excluding hydrogens is 310 g/mol. The van der Waals surface area contributed by atoms with Crippen molar-refractivity contribution in [1.29, 1.82) is 0 Å². The van der Waals surface area contributed by atoms with Crippen molar-refractivity contribution < 1.29 is 0 Å². The lowest BCUT2D eigenvalue weighted by Gasteiger charge is -2.12. The van der Waals surface area contributed by atoms with Crippen LogP contribution in [0.25, 0.3) is 28.3 Å². The average molecular weight is 325 g/mol. The zero-order chi connectivity index (χ0) is 15.9. The number of thiophene rings is 1. The Morgan fingerprint density at radius 1 is 0.833 bits per heavy atom. The van der Waals surface area contributed by atoms with Crippen molar-refractivity contribution >= 4 is 45.3 Å². The molecule has 3 heterocycles. The second-order valence-electron chi connectivity index (χ2n) is 5.96. The van der Waals surface area contributed by atoms with Gasteiger partial charge in [0.25, 0.3) is 0 Å². The zero-order valence-corrected chi connectivity index (χ0v) is 13.8. The van der Waals surface area contributed by atoms with E-state index in [1.807, 2.05) is 11.3 Å². The van der Waals surface area contributed by atoms with Gasteiger partial charge in [-0.3, -0.25) is 0 Å². The highest BCUT2D eigenvalue weighted by atomic mass is 32.1. The monoisotopic (exact) mass is 325 g/mol. The van der Waals surface area contributed by atoms with Gasteiger partial charge in [-0.05, 0) is 35.6 Å². The predicted octanol–water partition coefficient (Wildman–Crippen LogP) is 4.40. The predicted molar refractivity (Wildman–Crippen MR) is 105 cm³/mol. The third-order valence-corrected chi connectivity index (χ3v) is 5.56. The molecule has 114 valence electrons. The smallest absolute Gasteiger partial charge is 0.0464 e. The Morgan fingerprint density at radius 3 is 2.79 bits per heavy atom.